The van der Waals surface area contributed by atoms with E-state index in [1.165, 1.54) is 36.2 Å². The Hall–Kier alpha value is -1.06. The van der Waals surface area contributed by atoms with Gasteiger partial charge in [-0.1, -0.05) is 31.5 Å². The Morgan fingerprint density at radius 2 is 2.14 bits per heavy atom. The lowest BCUT2D eigenvalue weighted by Crippen LogP contribution is -2.40. The number of piperidine rings is 1. The number of ether oxygens (including phenoxy) is 1. The highest BCUT2D eigenvalue weighted by Crippen LogP contribution is 2.33. The molecule has 0 amide bonds. The van der Waals surface area contributed by atoms with Crippen molar-refractivity contribution in [2.45, 2.75) is 40.2 Å². The number of benzene rings is 1. The molecular formula is C18H30N2O. The summed E-state index contributed by atoms with van der Waals surface area (Å²) in [5, 5.41) is 3.48. The van der Waals surface area contributed by atoms with Gasteiger partial charge in [-0.2, -0.15) is 0 Å². The van der Waals surface area contributed by atoms with E-state index in [0.29, 0.717) is 5.41 Å². The van der Waals surface area contributed by atoms with Crippen molar-refractivity contribution >= 4 is 5.69 Å². The van der Waals surface area contributed by atoms with Crippen LogP contribution in [0, 0.1) is 12.3 Å². The van der Waals surface area contributed by atoms with Crippen LogP contribution in [-0.4, -0.2) is 33.4 Å². The van der Waals surface area contributed by atoms with E-state index in [-0.39, 0.29) is 0 Å². The monoisotopic (exact) mass is 290 g/mol. The minimum atomic E-state index is 0.421. The van der Waals surface area contributed by atoms with Gasteiger partial charge in [-0.25, -0.2) is 0 Å². The van der Waals surface area contributed by atoms with Crippen molar-refractivity contribution in [1.82, 2.24) is 5.32 Å². The van der Waals surface area contributed by atoms with E-state index in [1.807, 2.05) is 0 Å². The summed E-state index contributed by atoms with van der Waals surface area (Å²) in [7, 11) is 1.75. The zero-order valence-corrected chi connectivity index (χ0v) is 14.0. The fourth-order valence-corrected chi connectivity index (χ4v) is 3.19. The molecule has 0 atom stereocenters. The average molecular weight is 290 g/mol. The van der Waals surface area contributed by atoms with Crippen molar-refractivity contribution in [3.8, 4) is 0 Å². The van der Waals surface area contributed by atoms with E-state index in [2.05, 4.69) is 49.2 Å². The van der Waals surface area contributed by atoms with E-state index in [0.717, 1.165) is 26.2 Å². The summed E-state index contributed by atoms with van der Waals surface area (Å²) >= 11 is 0. The Kier molecular flexibility index (Phi) is 5.65. The third-order valence-corrected chi connectivity index (χ3v) is 4.27. The molecule has 0 spiro atoms. The van der Waals surface area contributed by atoms with Crippen LogP contribution in [0.2, 0.25) is 0 Å². The highest BCUT2D eigenvalue weighted by Gasteiger charge is 2.27. The molecule has 1 aliphatic rings. The van der Waals surface area contributed by atoms with Crippen LogP contribution in [0.25, 0.3) is 0 Å². The molecule has 1 aromatic rings. The first-order valence-corrected chi connectivity index (χ1v) is 8.06. The van der Waals surface area contributed by atoms with Crippen LogP contribution in [0.5, 0.6) is 0 Å². The predicted molar refractivity (Wildman–Crippen MR) is 90.0 cm³/mol. The van der Waals surface area contributed by atoms with Crippen LogP contribution in [0.15, 0.2) is 18.2 Å². The summed E-state index contributed by atoms with van der Waals surface area (Å²) in [6.07, 6.45) is 2.62. The first kappa shape index (κ1) is 16.3. The van der Waals surface area contributed by atoms with Gasteiger partial charge in [0.05, 0.1) is 6.61 Å². The number of nitrogens with one attached hydrogen (secondary N) is 1. The largest absolute Gasteiger partial charge is 0.383 e. The maximum Gasteiger partial charge on any atom is 0.0587 e. The van der Waals surface area contributed by atoms with Crippen LogP contribution < -0.4 is 10.2 Å². The number of aryl methyl sites for hydroxylation is 1. The second-order valence-corrected chi connectivity index (χ2v) is 6.99. The van der Waals surface area contributed by atoms with Gasteiger partial charge >= 0.3 is 0 Å². The first-order chi connectivity index (χ1) is 10.0. The van der Waals surface area contributed by atoms with Crippen LogP contribution in [0.3, 0.4) is 0 Å². The van der Waals surface area contributed by atoms with Gasteiger partial charge in [0.2, 0.25) is 0 Å². The molecule has 1 aromatic carbocycles. The Bertz CT molecular complexity index is 457. The van der Waals surface area contributed by atoms with E-state index in [9.17, 15) is 0 Å². The third-order valence-electron chi connectivity index (χ3n) is 4.27. The molecule has 1 N–H and O–H groups in total. The lowest BCUT2D eigenvalue weighted by Gasteiger charge is -2.40. The second-order valence-electron chi connectivity index (χ2n) is 6.99. The first-order valence-electron chi connectivity index (χ1n) is 8.06. The van der Waals surface area contributed by atoms with Gasteiger partial charge in [-0.15, -0.1) is 0 Å². The Labute approximate surface area is 129 Å². The number of rotatable bonds is 6. The van der Waals surface area contributed by atoms with Crippen LogP contribution >= 0.6 is 0 Å². The molecule has 0 saturated carbocycles. The molecule has 1 fully saturated rings. The summed E-state index contributed by atoms with van der Waals surface area (Å²) in [6, 6.07) is 6.84. The second kappa shape index (κ2) is 7.28. The number of hydrogen-bond donors (Lipinski definition) is 1. The zero-order chi connectivity index (χ0) is 15.3. The number of hydrogen-bond acceptors (Lipinski definition) is 3. The number of methoxy groups -OCH3 is 1. The summed E-state index contributed by atoms with van der Waals surface area (Å²) in [4.78, 5) is 2.57. The Morgan fingerprint density at radius 3 is 2.86 bits per heavy atom. The molecule has 118 valence electrons. The predicted octanol–water partition coefficient (Wildman–Crippen LogP) is 3.36. The lowest BCUT2D eigenvalue weighted by atomic mass is 9.84. The third kappa shape index (κ3) is 4.72. The summed E-state index contributed by atoms with van der Waals surface area (Å²) in [5.74, 6) is 0. The molecule has 1 saturated heterocycles. The van der Waals surface area contributed by atoms with Gasteiger partial charge in [0, 0.05) is 39.0 Å². The molecule has 1 heterocycles. The van der Waals surface area contributed by atoms with Gasteiger partial charge < -0.3 is 15.0 Å². The average Bonchev–Trinajstić information content (AvgIpc) is 2.42. The summed E-state index contributed by atoms with van der Waals surface area (Å²) in [5.41, 5.74) is 4.56. The molecule has 3 heteroatoms. The van der Waals surface area contributed by atoms with Gasteiger partial charge in [0.15, 0.2) is 0 Å². The number of anilines is 1. The highest BCUT2D eigenvalue weighted by molar-refractivity contribution is 5.55. The smallest absolute Gasteiger partial charge is 0.0587 e. The minimum absolute atomic E-state index is 0.421. The van der Waals surface area contributed by atoms with Crippen molar-refractivity contribution in [2.24, 2.45) is 5.41 Å². The Balaban J connectivity index is 2.10. The normalized spacial score (nSPS) is 18.0. The van der Waals surface area contributed by atoms with Gasteiger partial charge in [0.25, 0.3) is 0 Å². The Morgan fingerprint density at radius 1 is 1.33 bits per heavy atom. The maximum atomic E-state index is 5.10. The van der Waals surface area contributed by atoms with Crippen molar-refractivity contribution in [3.05, 3.63) is 29.3 Å². The van der Waals surface area contributed by atoms with Crippen LogP contribution in [-0.2, 0) is 11.3 Å². The molecule has 21 heavy (non-hydrogen) atoms. The minimum Gasteiger partial charge on any atom is -0.383 e. The van der Waals surface area contributed by atoms with Crippen molar-refractivity contribution in [2.75, 3.05) is 38.3 Å². The standard InChI is InChI=1S/C18H30N2O/c1-15-6-7-17(16(12-15)13-19-9-11-21-4)20-10-5-8-18(2,3)14-20/h6-7,12,19H,5,8-11,13-14H2,1-4H3. The summed E-state index contributed by atoms with van der Waals surface area (Å²) in [6.45, 7) is 11.8. The van der Waals surface area contributed by atoms with Gasteiger partial charge in [-0.05, 0) is 36.8 Å². The molecule has 2 rings (SSSR count). The molecule has 1 aliphatic heterocycles. The molecule has 0 unspecified atom stereocenters. The molecule has 0 aromatic heterocycles. The van der Waals surface area contributed by atoms with Gasteiger partial charge in [0.1, 0.15) is 0 Å². The molecular weight excluding hydrogens is 260 g/mol. The maximum absolute atomic E-state index is 5.10. The topological polar surface area (TPSA) is 24.5 Å². The SMILES string of the molecule is COCCNCc1cc(C)ccc1N1CCCC(C)(C)C1. The van der Waals surface area contributed by atoms with E-state index >= 15 is 0 Å². The molecule has 0 radical (unpaired) electrons. The van der Waals surface area contributed by atoms with Crippen LogP contribution in [0.1, 0.15) is 37.8 Å². The van der Waals surface area contributed by atoms with Gasteiger partial charge in [-0.3, -0.25) is 0 Å². The molecule has 3 nitrogen and oxygen atoms in total. The lowest BCUT2D eigenvalue weighted by molar-refractivity contribution is 0.199. The van der Waals surface area contributed by atoms with Crippen molar-refractivity contribution < 1.29 is 4.74 Å². The quantitative estimate of drug-likeness (QED) is 0.813. The summed E-state index contributed by atoms with van der Waals surface area (Å²) < 4.78 is 5.10. The van der Waals surface area contributed by atoms with E-state index < -0.39 is 0 Å². The number of nitrogens with zero attached hydrogens (tertiary/aromatic N) is 1. The van der Waals surface area contributed by atoms with E-state index in [4.69, 9.17) is 4.74 Å². The molecule has 0 aliphatic carbocycles. The fraction of sp³-hybridized carbons (Fsp3) is 0.667. The van der Waals surface area contributed by atoms with Crippen molar-refractivity contribution in [3.63, 3.8) is 0 Å². The van der Waals surface area contributed by atoms with Crippen molar-refractivity contribution in [1.29, 1.82) is 0 Å². The van der Waals surface area contributed by atoms with E-state index in [1.54, 1.807) is 7.11 Å². The van der Waals surface area contributed by atoms with Crippen LogP contribution in [0.4, 0.5) is 5.69 Å². The zero-order valence-electron chi connectivity index (χ0n) is 14.0. The molecule has 0 bridgehead atoms. The fourth-order valence-electron chi connectivity index (χ4n) is 3.19. The highest BCUT2D eigenvalue weighted by atomic mass is 16.5.